The molecule has 0 aliphatic carbocycles. The third-order valence-corrected chi connectivity index (χ3v) is 3.76. The highest BCUT2D eigenvalue weighted by molar-refractivity contribution is 5.79. The fraction of sp³-hybridized carbons (Fsp3) is 0.412. The smallest absolute Gasteiger partial charge is 0.121 e. The number of likely N-dealkylation sites (N-methyl/N-ethyl adjacent to an activating group) is 1. The Balaban J connectivity index is 2.04. The van der Waals surface area contributed by atoms with E-state index in [1.165, 1.54) is 0 Å². The number of benzene rings is 1. The Labute approximate surface area is 126 Å². The molecule has 1 heterocycles. The Kier molecular flexibility index (Phi) is 5.68. The van der Waals surface area contributed by atoms with Crippen molar-refractivity contribution in [2.75, 3.05) is 26.2 Å². The Morgan fingerprint density at radius 1 is 1.29 bits per heavy atom. The van der Waals surface area contributed by atoms with Crippen molar-refractivity contribution in [2.45, 2.75) is 19.9 Å². The lowest BCUT2D eigenvalue weighted by Crippen LogP contribution is -2.33. The van der Waals surface area contributed by atoms with Gasteiger partial charge < -0.3 is 4.90 Å². The van der Waals surface area contributed by atoms with Crippen LogP contribution in [-0.2, 0) is 0 Å². The maximum atomic E-state index is 9.39. The quantitative estimate of drug-likeness (QED) is 0.848. The first kappa shape index (κ1) is 15.4. The third kappa shape index (κ3) is 4.01. The van der Waals surface area contributed by atoms with Crippen LogP contribution in [0.5, 0.6) is 0 Å². The lowest BCUT2D eigenvalue weighted by Gasteiger charge is -2.19. The summed E-state index contributed by atoms with van der Waals surface area (Å²) in [5.41, 5.74) is 1.96. The van der Waals surface area contributed by atoms with E-state index in [-0.39, 0.29) is 6.04 Å². The second-order valence-electron chi connectivity index (χ2n) is 5.00. The summed E-state index contributed by atoms with van der Waals surface area (Å²) in [7, 11) is 0. The van der Waals surface area contributed by atoms with Gasteiger partial charge in [0, 0.05) is 24.7 Å². The molecule has 2 aromatic rings. The van der Waals surface area contributed by atoms with Gasteiger partial charge in [0.05, 0.1) is 11.6 Å². The molecular formula is C17H22N4. The summed E-state index contributed by atoms with van der Waals surface area (Å²) in [5.74, 6) is 0. The Hall–Kier alpha value is -1.96. The zero-order chi connectivity index (χ0) is 15.1. The molecule has 0 saturated carbocycles. The fourth-order valence-corrected chi connectivity index (χ4v) is 2.42. The average Bonchev–Trinajstić information content (AvgIpc) is 2.55. The van der Waals surface area contributed by atoms with E-state index >= 15 is 0 Å². The van der Waals surface area contributed by atoms with Crippen molar-refractivity contribution in [3.63, 3.8) is 0 Å². The monoisotopic (exact) mass is 282 g/mol. The summed E-state index contributed by atoms with van der Waals surface area (Å²) < 4.78 is 0. The maximum Gasteiger partial charge on any atom is 0.121 e. The van der Waals surface area contributed by atoms with E-state index in [1.54, 1.807) is 6.20 Å². The number of hydrogen-bond donors (Lipinski definition) is 1. The van der Waals surface area contributed by atoms with Crippen LogP contribution < -0.4 is 5.32 Å². The summed E-state index contributed by atoms with van der Waals surface area (Å²) in [6.45, 7) is 8.16. The summed E-state index contributed by atoms with van der Waals surface area (Å²) in [5, 5.41) is 13.8. The molecule has 1 aromatic heterocycles. The van der Waals surface area contributed by atoms with Crippen LogP contribution in [0, 0.1) is 11.3 Å². The molecule has 4 heteroatoms. The van der Waals surface area contributed by atoms with Crippen molar-refractivity contribution in [3.8, 4) is 6.07 Å². The maximum absolute atomic E-state index is 9.39. The van der Waals surface area contributed by atoms with Gasteiger partial charge in [-0.3, -0.25) is 10.3 Å². The molecule has 0 aliphatic heterocycles. The normalized spacial score (nSPS) is 12.5. The first-order chi connectivity index (χ1) is 10.3. The van der Waals surface area contributed by atoms with Crippen LogP contribution in [-0.4, -0.2) is 36.1 Å². The van der Waals surface area contributed by atoms with Gasteiger partial charge in [-0.25, -0.2) is 0 Å². The molecule has 1 atom stereocenters. The van der Waals surface area contributed by atoms with E-state index in [0.717, 1.165) is 42.6 Å². The van der Waals surface area contributed by atoms with Crippen LogP contribution >= 0.6 is 0 Å². The van der Waals surface area contributed by atoms with Gasteiger partial charge in [0.25, 0.3) is 0 Å². The van der Waals surface area contributed by atoms with Gasteiger partial charge in [0.15, 0.2) is 0 Å². The Morgan fingerprint density at radius 2 is 2.10 bits per heavy atom. The molecule has 4 nitrogen and oxygen atoms in total. The minimum Gasteiger partial charge on any atom is -0.303 e. The molecule has 1 unspecified atom stereocenters. The standard InChI is InChI=1S/C17H22N4/c1-3-21(4-2)11-10-20-17(13-18)15-7-8-16-14(12-15)6-5-9-19-16/h5-9,12,17,20H,3-4,10-11H2,1-2H3. The summed E-state index contributed by atoms with van der Waals surface area (Å²) in [6.07, 6.45) is 1.78. The molecule has 1 aromatic carbocycles. The van der Waals surface area contributed by atoms with E-state index in [1.807, 2.05) is 30.3 Å². The number of nitriles is 1. The van der Waals surface area contributed by atoms with Gasteiger partial charge in [-0.2, -0.15) is 5.26 Å². The number of nitrogens with zero attached hydrogens (tertiary/aromatic N) is 3. The van der Waals surface area contributed by atoms with Crippen molar-refractivity contribution in [1.82, 2.24) is 15.2 Å². The number of rotatable bonds is 7. The van der Waals surface area contributed by atoms with Crippen molar-refractivity contribution < 1.29 is 0 Å². The average molecular weight is 282 g/mol. The fourth-order valence-electron chi connectivity index (χ4n) is 2.42. The molecule has 0 saturated heterocycles. The third-order valence-electron chi connectivity index (χ3n) is 3.76. The molecular weight excluding hydrogens is 260 g/mol. The first-order valence-electron chi connectivity index (χ1n) is 7.48. The van der Waals surface area contributed by atoms with Gasteiger partial charge in [0.2, 0.25) is 0 Å². The van der Waals surface area contributed by atoms with Gasteiger partial charge >= 0.3 is 0 Å². The summed E-state index contributed by atoms with van der Waals surface area (Å²) in [4.78, 5) is 6.64. The number of pyridine rings is 1. The largest absolute Gasteiger partial charge is 0.303 e. The number of aromatic nitrogens is 1. The first-order valence-corrected chi connectivity index (χ1v) is 7.48. The van der Waals surface area contributed by atoms with Crippen LogP contribution in [0.25, 0.3) is 10.9 Å². The van der Waals surface area contributed by atoms with Gasteiger partial charge in [0.1, 0.15) is 6.04 Å². The zero-order valence-corrected chi connectivity index (χ0v) is 12.7. The highest BCUT2D eigenvalue weighted by Crippen LogP contribution is 2.18. The highest BCUT2D eigenvalue weighted by Gasteiger charge is 2.10. The zero-order valence-electron chi connectivity index (χ0n) is 12.7. The minimum atomic E-state index is -0.273. The number of hydrogen-bond acceptors (Lipinski definition) is 4. The van der Waals surface area contributed by atoms with Crippen molar-refractivity contribution in [1.29, 1.82) is 5.26 Å². The SMILES string of the molecule is CCN(CC)CCNC(C#N)c1ccc2ncccc2c1. The number of fused-ring (bicyclic) bond motifs is 1. The lowest BCUT2D eigenvalue weighted by molar-refractivity contribution is 0.300. The molecule has 0 fully saturated rings. The molecule has 110 valence electrons. The number of nitrogens with one attached hydrogen (secondary N) is 1. The van der Waals surface area contributed by atoms with Crippen LogP contribution in [0.1, 0.15) is 25.5 Å². The van der Waals surface area contributed by atoms with Crippen molar-refractivity contribution >= 4 is 10.9 Å². The molecule has 0 aliphatic rings. The van der Waals surface area contributed by atoms with E-state index in [0.29, 0.717) is 0 Å². The van der Waals surface area contributed by atoms with Gasteiger partial charge in [-0.05, 0) is 36.9 Å². The van der Waals surface area contributed by atoms with E-state index in [9.17, 15) is 5.26 Å². The highest BCUT2D eigenvalue weighted by atomic mass is 15.1. The predicted octanol–water partition coefficient (Wildman–Crippen LogP) is 2.73. The molecule has 0 amide bonds. The topological polar surface area (TPSA) is 52.0 Å². The summed E-state index contributed by atoms with van der Waals surface area (Å²) >= 11 is 0. The second kappa shape index (κ2) is 7.72. The predicted molar refractivity (Wildman–Crippen MR) is 85.9 cm³/mol. The van der Waals surface area contributed by atoms with E-state index < -0.39 is 0 Å². The second-order valence-corrected chi connectivity index (χ2v) is 5.00. The molecule has 0 bridgehead atoms. The Morgan fingerprint density at radius 3 is 2.81 bits per heavy atom. The molecule has 2 rings (SSSR count). The van der Waals surface area contributed by atoms with Gasteiger partial charge in [-0.1, -0.05) is 26.0 Å². The van der Waals surface area contributed by atoms with E-state index in [2.05, 4.69) is 35.1 Å². The van der Waals surface area contributed by atoms with Crippen molar-refractivity contribution in [2.24, 2.45) is 0 Å². The molecule has 1 N–H and O–H groups in total. The van der Waals surface area contributed by atoms with Crippen molar-refractivity contribution in [3.05, 3.63) is 42.1 Å². The Bertz CT molecular complexity index is 613. The van der Waals surface area contributed by atoms with E-state index in [4.69, 9.17) is 0 Å². The van der Waals surface area contributed by atoms with Crippen LogP contribution in [0.2, 0.25) is 0 Å². The van der Waals surface area contributed by atoms with Crippen LogP contribution in [0.4, 0.5) is 0 Å². The summed E-state index contributed by atoms with van der Waals surface area (Å²) in [6, 6.07) is 12.0. The lowest BCUT2D eigenvalue weighted by atomic mass is 10.1. The minimum absolute atomic E-state index is 0.273. The van der Waals surface area contributed by atoms with Gasteiger partial charge in [-0.15, -0.1) is 0 Å². The molecule has 0 radical (unpaired) electrons. The molecule has 0 spiro atoms. The van der Waals surface area contributed by atoms with Crippen LogP contribution in [0.3, 0.4) is 0 Å². The van der Waals surface area contributed by atoms with Crippen LogP contribution in [0.15, 0.2) is 36.5 Å². The molecule has 21 heavy (non-hydrogen) atoms.